The number of rotatable bonds is 1. The fourth-order valence-corrected chi connectivity index (χ4v) is 3.67. The van der Waals surface area contributed by atoms with Crippen LogP contribution in [0.5, 0.6) is 5.88 Å². The second-order valence-corrected chi connectivity index (χ2v) is 10.8. The van der Waals surface area contributed by atoms with Crippen LogP contribution in [0.1, 0.15) is 34.1 Å². The summed E-state index contributed by atoms with van der Waals surface area (Å²) in [5.41, 5.74) is -0.996. The maximum absolute atomic E-state index is 14.8. The summed E-state index contributed by atoms with van der Waals surface area (Å²) in [5.74, 6) is -1.01. The van der Waals surface area contributed by atoms with Crippen molar-refractivity contribution in [3.05, 3.63) is 11.0 Å². The minimum atomic E-state index is -3.86. The lowest BCUT2D eigenvalue weighted by atomic mass is 10.2. The number of nitrogens with zero attached hydrogens (tertiary/aromatic N) is 4. The van der Waals surface area contributed by atoms with Crippen molar-refractivity contribution in [2.75, 3.05) is 31.2 Å². The largest absolute Gasteiger partial charge is 0.474 e. The number of aromatic nitrogens is 3. The number of carbonyl (C=O) groups is 1. The zero-order valence-electron chi connectivity index (χ0n) is 18.4. The van der Waals surface area contributed by atoms with E-state index in [2.05, 4.69) is 20.3 Å². The third-order valence-corrected chi connectivity index (χ3v) is 5.56. The fraction of sp³-hybridized carbons (Fsp3) is 0.579. The van der Waals surface area contributed by atoms with Gasteiger partial charge in [0.15, 0.2) is 11.0 Å². The molecule has 1 amide bonds. The molecule has 0 fully saturated rings. The molecule has 0 aliphatic carbocycles. The molecule has 1 aliphatic rings. The molecule has 10 nitrogen and oxygen atoms in total. The first-order valence-electron chi connectivity index (χ1n) is 9.91. The molecule has 0 saturated carbocycles. The molecule has 3 rings (SSSR count). The highest BCUT2D eigenvalue weighted by Crippen LogP contribution is 2.35. The molecule has 2 aromatic rings. The topological polar surface area (TPSA) is 124 Å². The van der Waals surface area contributed by atoms with Crippen molar-refractivity contribution in [3.8, 4) is 5.88 Å². The summed E-state index contributed by atoms with van der Waals surface area (Å²) in [7, 11) is -3.86. The average Bonchev–Trinajstić information content (AvgIpc) is 2.68. The number of amides is 1. The molecule has 0 unspecified atom stereocenters. The van der Waals surface area contributed by atoms with E-state index in [1.165, 1.54) is 4.90 Å². The van der Waals surface area contributed by atoms with Crippen LogP contribution in [0.2, 0.25) is 5.15 Å². The first-order valence-corrected chi connectivity index (χ1v) is 12.2. The molecular weight excluding hydrogens is 465 g/mol. The average molecular weight is 490 g/mol. The highest BCUT2D eigenvalue weighted by atomic mass is 35.5. The summed E-state index contributed by atoms with van der Waals surface area (Å²) < 4.78 is 50.3. The van der Waals surface area contributed by atoms with E-state index in [-0.39, 0.29) is 35.7 Å². The van der Waals surface area contributed by atoms with E-state index < -0.39 is 43.8 Å². The van der Waals surface area contributed by atoms with Gasteiger partial charge in [-0.3, -0.25) is 0 Å². The van der Waals surface area contributed by atoms with Gasteiger partial charge in [0.25, 0.3) is 0 Å². The van der Waals surface area contributed by atoms with Crippen LogP contribution in [0.4, 0.5) is 15.0 Å². The SMILES string of the molecule is C[C@H]1CCN(C(=O)OC(C)(C)C)CCNc2nc(S(C)(=O)=O)nc3c(F)c(Cl)nc(c23)O1. The van der Waals surface area contributed by atoms with Crippen LogP contribution >= 0.6 is 11.6 Å². The van der Waals surface area contributed by atoms with Gasteiger partial charge in [0.05, 0.1) is 6.10 Å². The number of halogens is 2. The molecule has 0 aromatic carbocycles. The summed E-state index contributed by atoms with van der Waals surface area (Å²) in [6, 6.07) is 0. The smallest absolute Gasteiger partial charge is 0.410 e. The van der Waals surface area contributed by atoms with Gasteiger partial charge in [0, 0.05) is 32.3 Å². The third kappa shape index (κ3) is 5.47. The lowest BCUT2D eigenvalue weighted by molar-refractivity contribution is 0.0238. The summed E-state index contributed by atoms with van der Waals surface area (Å²) in [4.78, 5) is 26.0. The lowest BCUT2D eigenvalue weighted by Gasteiger charge is -2.28. The molecule has 3 heterocycles. The van der Waals surface area contributed by atoms with Crippen molar-refractivity contribution in [2.24, 2.45) is 0 Å². The van der Waals surface area contributed by atoms with Gasteiger partial charge in [-0.2, -0.15) is 4.98 Å². The summed E-state index contributed by atoms with van der Waals surface area (Å²) in [5, 5.41) is 1.94. The molecule has 0 radical (unpaired) electrons. The number of pyridine rings is 1. The Balaban J connectivity index is 2.08. The maximum atomic E-state index is 14.8. The zero-order chi connectivity index (χ0) is 23.8. The molecule has 13 heteroatoms. The number of nitrogens with one attached hydrogen (secondary N) is 1. The molecule has 1 atom stereocenters. The summed E-state index contributed by atoms with van der Waals surface area (Å²) >= 11 is 5.92. The monoisotopic (exact) mass is 489 g/mol. The van der Waals surface area contributed by atoms with E-state index in [4.69, 9.17) is 21.1 Å². The standard InChI is InChI=1S/C19H25ClFN5O5S/c1-10-6-8-26(18(27)31-19(2,3)4)9-7-22-15-11-13(23-17(25-15)32(5,28)29)12(21)14(20)24-16(11)30-10/h10H,6-9H2,1-5H3,(H,22,23,25)/t10-/m0/s1. The van der Waals surface area contributed by atoms with Gasteiger partial charge in [-0.05, 0) is 27.7 Å². The third-order valence-electron chi connectivity index (χ3n) is 4.47. The van der Waals surface area contributed by atoms with E-state index in [9.17, 15) is 17.6 Å². The maximum Gasteiger partial charge on any atom is 0.410 e. The van der Waals surface area contributed by atoms with E-state index in [1.807, 2.05) is 0 Å². The Morgan fingerprint density at radius 3 is 2.59 bits per heavy atom. The number of anilines is 1. The molecule has 0 spiro atoms. The van der Waals surface area contributed by atoms with Crippen LogP contribution in [0.15, 0.2) is 5.16 Å². The second-order valence-electron chi connectivity index (χ2n) is 8.48. The van der Waals surface area contributed by atoms with Crippen LogP contribution in [-0.4, -0.2) is 72.0 Å². The summed E-state index contributed by atoms with van der Waals surface area (Å²) in [6.45, 7) is 7.79. The predicted molar refractivity (Wildman–Crippen MR) is 116 cm³/mol. The van der Waals surface area contributed by atoms with Gasteiger partial charge >= 0.3 is 6.09 Å². The molecule has 0 bridgehead atoms. The van der Waals surface area contributed by atoms with Crippen LogP contribution in [0.25, 0.3) is 10.9 Å². The van der Waals surface area contributed by atoms with Gasteiger partial charge in [-0.25, -0.2) is 27.6 Å². The van der Waals surface area contributed by atoms with Gasteiger partial charge < -0.3 is 19.7 Å². The van der Waals surface area contributed by atoms with Crippen molar-refractivity contribution >= 4 is 44.3 Å². The van der Waals surface area contributed by atoms with E-state index in [1.54, 1.807) is 27.7 Å². The zero-order valence-corrected chi connectivity index (χ0v) is 20.0. The lowest BCUT2D eigenvalue weighted by Crippen LogP contribution is -2.40. The molecule has 1 aliphatic heterocycles. The number of sulfone groups is 1. The van der Waals surface area contributed by atoms with Crippen molar-refractivity contribution in [1.29, 1.82) is 0 Å². The molecule has 32 heavy (non-hydrogen) atoms. The predicted octanol–water partition coefficient (Wildman–Crippen LogP) is 3.04. The Bertz CT molecular complexity index is 1160. The van der Waals surface area contributed by atoms with E-state index in [0.717, 1.165) is 6.26 Å². The fourth-order valence-electron chi connectivity index (χ4n) is 2.99. The Labute approximate surface area is 190 Å². The Hall–Kier alpha value is -2.47. The van der Waals surface area contributed by atoms with E-state index in [0.29, 0.717) is 13.0 Å². The van der Waals surface area contributed by atoms with Crippen molar-refractivity contribution in [3.63, 3.8) is 0 Å². The molecular formula is C19H25ClFN5O5S. The van der Waals surface area contributed by atoms with Crippen molar-refractivity contribution < 1.29 is 27.1 Å². The molecule has 0 saturated heterocycles. The normalized spacial score (nSPS) is 17.8. The number of carbonyl (C=O) groups excluding carboxylic acids is 1. The highest BCUT2D eigenvalue weighted by molar-refractivity contribution is 7.90. The van der Waals surface area contributed by atoms with E-state index >= 15 is 0 Å². The van der Waals surface area contributed by atoms with Crippen molar-refractivity contribution in [2.45, 2.75) is 51.0 Å². The summed E-state index contributed by atoms with van der Waals surface area (Å²) in [6.07, 6.45) is 0.392. The number of hydrogen-bond acceptors (Lipinski definition) is 9. The second kappa shape index (κ2) is 8.81. The van der Waals surface area contributed by atoms with Crippen LogP contribution < -0.4 is 10.1 Å². The first kappa shape index (κ1) is 24.2. The van der Waals surface area contributed by atoms with Gasteiger partial charge in [0.1, 0.15) is 22.3 Å². The Kier molecular flexibility index (Phi) is 6.66. The quantitative estimate of drug-likeness (QED) is 0.475. The highest BCUT2D eigenvalue weighted by Gasteiger charge is 2.27. The van der Waals surface area contributed by atoms with Crippen LogP contribution in [-0.2, 0) is 14.6 Å². The Morgan fingerprint density at radius 2 is 1.97 bits per heavy atom. The minimum Gasteiger partial charge on any atom is -0.474 e. The number of hydrogen-bond donors (Lipinski definition) is 1. The molecule has 176 valence electrons. The first-order chi connectivity index (χ1) is 14.8. The number of ether oxygens (including phenoxy) is 2. The van der Waals surface area contributed by atoms with Gasteiger partial charge in [0.2, 0.25) is 20.9 Å². The van der Waals surface area contributed by atoms with Crippen LogP contribution in [0.3, 0.4) is 0 Å². The molecule has 1 N–H and O–H groups in total. The minimum absolute atomic E-state index is 0.00623. The van der Waals surface area contributed by atoms with Gasteiger partial charge in [-0.15, -0.1) is 0 Å². The molecule has 2 aromatic heterocycles. The van der Waals surface area contributed by atoms with Crippen molar-refractivity contribution in [1.82, 2.24) is 19.9 Å². The Morgan fingerprint density at radius 1 is 1.28 bits per heavy atom. The van der Waals surface area contributed by atoms with Gasteiger partial charge in [-0.1, -0.05) is 11.6 Å². The van der Waals surface area contributed by atoms with Crippen LogP contribution in [0, 0.1) is 5.82 Å².